The minimum Gasteiger partial charge on any atom is -0.436 e. The van der Waals surface area contributed by atoms with E-state index in [1.54, 1.807) is 42.5 Å². The summed E-state index contributed by atoms with van der Waals surface area (Å²) in [6.45, 7) is 3.82. The van der Waals surface area contributed by atoms with Gasteiger partial charge in [-0.1, -0.05) is 35.9 Å². The molecule has 10 heteroatoms. The lowest BCUT2D eigenvalue weighted by molar-refractivity contribution is 0.102. The zero-order valence-electron chi connectivity index (χ0n) is 18.1. The van der Waals surface area contributed by atoms with Gasteiger partial charge in [-0.3, -0.25) is 4.79 Å². The van der Waals surface area contributed by atoms with Crippen LogP contribution >= 0.6 is 11.6 Å². The van der Waals surface area contributed by atoms with Crippen LogP contribution < -0.4 is 15.7 Å². The molecular formula is C24H19ClFN3O4S. The van der Waals surface area contributed by atoms with Gasteiger partial charge in [0.15, 0.2) is 0 Å². The lowest BCUT2D eigenvalue weighted by Gasteiger charge is -2.09. The van der Waals surface area contributed by atoms with Crippen molar-refractivity contribution in [2.45, 2.75) is 18.7 Å². The molecule has 1 heterocycles. The fraction of sp³-hybridized carbons (Fsp3) is 0.0833. The first-order valence-corrected chi connectivity index (χ1v) is 11.9. The van der Waals surface area contributed by atoms with Crippen LogP contribution in [0.25, 0.3) is 11.0 Å². The van der Waals surface area contributed by atoms with Crippen LogP contribution in [0.15, 0.2) is 81.1 Å². The van der Waals surface area contributed by atoms with Gasteiger partial charge in [0, 0.05) is 11.1 Å². The number of para-hydroxylation sites is 1. The fourth-order valence-corrected chi connectivity index (χ4v) is 4.43. The largest absolute Gasteiger partial charge is 0.436 e. The molecule has 0 saturated heterocycles. The number of aryl methyl sites for hydroxylation is 2. The molecule has 0 saturated carbocycles. The summed E-state index contributed by atoms with van der Waals surface area (Å²) >= 11 is 5.70. The third-order valence-electron chi connectivity index (χ3n) is 4.85. The molecule has 0 aliphatic rings. The van der Waals surface area contributed by atoms with Crippen molar-refractivity contribution in [1.29, 1.82) is 0 Å². The molecule has 0 fully saturated rings. The van der Waals surface area contributed by atoms with Crippen LogP contribution in [0.5, 0.6) is 0 Å². The summed E-state index contributed by atoms with van der Waals surface area (Å²) in [5.41, 5.74) is 2.66. The Kier molecular flexibility index (Phi) is 6.41. The van der Waals surface area contributed by atoms with Crippen molar-refractivity contribution in [3.8, 4) is 0 Å². The van der Waals surface area contributed by atoms with Crippen LogP contribution in [0.1, 0.15) is 21.5 Å². The SMILES string of the molecule is Cc1cc(C)cc(NC(=O)c2cc3ccccc3oc2=NNS(=O)(=O)c2ccc(F)c(Cl)c2)c1. The topological polar surface area (TPSA) is 101 Å². The van der Waals surface area contributed by atoms with E-state index in [2.05, 4.69) is 10.4 Å². The number of hydrogen-bond acceptors (Lipinski definition) is 5. The van der Waals surface area contributed by atoms with Crippen LogP contribution in [0.2, 0.25) is 5.02 Å². The molecule has 0 aliphatic carbocycles. The van der Waals surface area contributed by atoms with Crippen LogP contribution in [-0.4, -0.2) is 14.3 Å². The zero-order chi connectivity index (χ0) is 24.5. The molecule has 0 unspecified atom stereocenters. The van der Waals surface area contributed by atoms with E-state index in [1.807, 2.05) is 24.7 Å². The van der Waals surface area contributed by atoms with Crippen LogP contribution in [0.3, 0.4) is 0 Å². The Morgan fingerprint density at radius 3 is 2.41 bits per heavy atom. The van der Waals surface area contributed by atoms with Crippen molar-refractivity contribution in [3.05, 3.63) is 99.8 Å². The molecule has 1 aromatic heterocycles. The van der Waals surface area contributed by atoms with Gasteiger partial charge in [-0.2, -0.15) is 13.2 Å². The molecule has 4 aromatic rings. The van der Waals surface area contributed by atoms with Gasteiger partial charge in [0.1, 0.15) is 17.0 Å². The summed E-state index contributed by atoms with van der Waals surface area (Å²) in [4.78, 5) is 14.8. The van der Waals surface area contributed by atoms with Gasteiger partial charge in [-0.15, -0.1) is 5.10 Å². The number of sulfonamides is 1. The lowest BCUT2D eigenvalue weighted by atomic mass is 10.1. The first-order chi connectivity index (χ1) is 16.1. The van der Waals surface area contributed by atoms with Gasteiger partial charge >= 0.3 is 0 Å². The maximum atomic E-state index is 13.4. The van der Waals surface area contributed by atoms with E-state index in [-0.39, 0.29) is 21.0 Å². The highest BCUT2D eigenvalue weighted by Crippen LogP contribution is 2.20. The van der Waals surface area contributed by atoms with E-state index in [4.69, 9.17) is 16.0 Å². The molecule has 2 N–H and O–H groups in total. The van der Waals surface area contributed by atoms with Gasteiger partial charge in [-0.25, -0.2) is 4.39 Å². The third kappa shape index (κ3) is 5.11. The second-order valence-corrected chi connectivity index (χ2v) is 9.68. The van der Waals surface area contributed by atoms with Gasteiger partial charge in [0.25, 0.3) is 15.9 Å². The number of anilines is 1. The molecule has 0 spiro atoms. The Morgan fingerprint density at radius 2 is 1.71 bits per heavy atom. The average molecular weight is 500 g/mol. The van der Waals surface area contributed by atoms with Crippen LogP contribution in [0, 0.1) is 19.7 Å². The normalized spacial score (nSPS) is 12.1. The molecule has 4 rings (SSSR count). The van der Waals surface area contributed by atoms with Crippen LogP contribution in [0.4, 0.5) is 10.1 Å². The summed E-state index contributed by atoms with van der Waals surface area (Å²) in [6.07, 6.45) is 0. The van der Waals surface area contributed by atoms with E-state index in [0.717, 1.165) is 29.3 Å². The Bertz CT molecular complexity index is 1580. The second kappa shape index (κ2) is 9.28. The highest BCUT2D eigenvalue weighted by Gasteiger charge is 2.17. The number of rotatable bonds is 5. The molecule has 0 aliphatic heterocycles. The summed E-state index contributed by atoms with van der Waals surface area (Å²) in [5, 5.41) is 6.91. The molecule has 0 bridgehead atoms. The van der Waals surface area contributed by atoms with Crippen molar-refractivity contribution < 1.29 is 22.0 Å². The molecule has 3 aromatic carbocycles. The Balaban J connectivity index is 1.76. The van der Waals surface area contributed by atoms with Gasteiger partial charge in [0.2, 0.25) is 5.55 Å². The first-order valence-electron chi connectivity index (χ1n) is 10.1. The molecule has 0 atom stereocenters. The van der Waals surface area contributed by atoms with E-state index in [1.165, 1.54) is 0 Å². The van der Waals surface area contributed by atoms with Crippen molar-refractivity contribution in [2.75, 3.05) is 5.32 Å². The second-order valence-electron chi connectivity index (χ2n) is 7.62. The highest BCUT2D eigenvalue weighted by molar-refractivity contribution is 7.89. The number of nitrogens with one attached hydrogen (secondary N) is 2. The standard InChI is InChI=1S/C24H19ClFN3O4S/c1-14-9-15(2)11-17(10-14)27-23(30)19-12-16-5-3-4-6-22(16)33-24(19)28-29-34(31,32)18-7-8-21(26)20(25)13-18/h3-13,29H,1-2H3,(H,27,30). The Hall–Kier alpha value is -3.69. The predicted octanol–water partition coefficient (Wildman–Crippen LogP) is 4.89. The molecule has 174 valence electrons. The monoisotopic (exact) mass is 499 g/mol. The summed E-state index contributed by atoms with van der Waals surface area (Å²) in [5.74, 6) is -1.30. The van der Waals surface area contributed by atoms with Crippen molar-refractivity contribution in [1.82, 2.24) is 4.83 Å². The number of nitrogens with zero attached hydrogens (tertiary/aromatic N) is 1. The van der Waals surface area contributed by atoms with E-state index < -0.39 is 21.7 Å². The lowest BCUT2D eigenvalue weighted by Crippen LogP contribution is -2.27. The minimum absolute atomic E-state index is 0.0118. The maximum absolute atomic E-state index is 13.4. The van der Waals surface area contributed by atoms with Gasteiger partial charge in [-0.05, 0) is 67.4 Å². The molecule has 0 radical (unpaired) electrons. The first kappa shape index (κ1) is 23.5. The minimum atomic E-state index is -4.22. The average Bonchev–Trinajstić information content (AvgIpc) is 2.78. The van der Waals surface area contributed by atoms with Crippen molar-refractivity contribution >= 4 is 44.2 Å². The van der Waals surface area contributed by atoms with E-state index in [0.29, 0.717) is 16.7 Å². The molecular weight excluding hydrogens is 481 g/mol. The van der Waals surface area contributed by atoms with Gasteiger partial charge < -0.3 is 9.73 Å². The number of hydrogen-bond donors (Lipinski definition) is 2. The smallest absolute Gasteiger partial charge is 0.276 e. The number of fused-ring (bicyclic) bond motifs is 1. The number of amides is 1. The number of benzene rings is 3. The number of halogens is 2. The maximum Gasteiger partial charge on any atom is 0.276 e. The number of carbonyl (C=O) groups excluding carboxylic acids is 1. The number of carbonyl (C=O) groups is 1. The highest BCUT2D eigenvalue weighted by atomic mass is 35.5. The Morgan fingerprint density at radius 1 is 1.00 bits per heavy atom. The van der Waals surface area contributed by atoms with Crippen molar-refractivity contribution in [3.63, 3.8) is 0 Å². The van der Waals surface area contributed by atoms with Crippen molar-refractivity contribution in [2.24, 2.45) is 5.10 Å². The predicted molar refractivity (Wildman–Crippen MR) is 127 cm³/mol. The summed E-state index contributed by atoms with van der Waals surface area (Å²) in [6, 6.07) is 17.0. The van der Waals surface area contributed by atoms with Crippen LogP contribution in [-0.2, 0) is 10.0 Å². The quantitative estimate of drug-likeness (QED) is 0.382. The Labute approximate surface area is 199 Å². The zero-order valence-corrected chi connectivity index (χ0v) is 19.7. The molecule has 7 nitrogen and oxygen atoms in total. The molecule has 34 heavy (non-hydrogen) atoms. The third-order valence-corrected chi connectivity index (χ3v) is 6.34. The van der Waals surface area contributed by atoms with E-state index >= 15 is 0 Å². The summed E-state index contributed by atoms with van der Waals surface area (Å²) in [7, 11) is -4.22. The van der Waals surface area contributed by atoms with E-state index in [9.17, 15) is 17.6 Å². The fourth-order valence-electron chi connectivity index (χ4n) is 3.36. The molecule has 1 amide bonds. The van der Waals surface area contributed by atoms with Gasteiger partial charge in [0.05, 0.1) is 9.92 Å². The summed E-state index contributed by atoms with van der Waals surface area (Å²) < 4.78 is 44.5.